The third kappa shape index (κ3) is 4.92. The van der Waals surface area contributed by atoms with Gasteiger partial charge in [-0.1, -0.05) is 26.0 Å². The number of methoxy groups -OCH3 is 2. The number of carbonyl (C=O) groups is 3. The number of rotatable bonds is 9. The van der Waals surface area contributed by atoms with Crippen molar-refractivity contribution in [3.8, 4) is 11.5 Å². The highest BCUT2D eigenvalue weighted by molar-refractivity contribution is 8.04. The fourth-order valence-electron chi connectivity index (χ4n) is 3.49. The summed E-state index contributed by atoms with van der Waals surface area (Å²) in [7, 11) is 3.09. The molecular formula is C22H28N3O5S+. The number of nitrogens with one attached hydrogen (secondary N) is 1. The van der Waals surface area contributed by atoms with E-state index in [0.717, 1.165) is 5.56 Å². The van der Waals surface area contributed by atoms with Crippen LogP contribution in [0.1, 0.15) is 25.8 Å². The van der Waals surface area contributed by atoms with Crippen LogP contribution in [0.15, 0.2) is 29.7 Å². The molecule has 1 aromatic carbocycles. The molecule has 0 fully saturated rings. The molecule has 2 heterocycles. The molecule has 0 saturated carbocycles. The minimum absolute atomic E-state index is 0.159. The molecule has 1 aromatic rings. The van der Waals surface area contributed by atoms with Crippen LogP contribution in [-0.4, -0.2) is 65.6 Å². The SMILES string of the molecule is COc1cccc(CNC(=O)C[N+]2=C3C=CSC3C(=O)N(CCC(C)C)C2=O)c1OC. The van der Waals surface area contributed by atoms with Crippen LogP contribution < -0.4 is 14.8 Å². The molecule has 0 bridgehead atoms. The first-order valence-corrected chi connectivity index (χ1v) is 11.1. The van der Waals surface area contributed by atoms with Gasteiger partial charge in [0.15, 0.2) is 23.3 Å². The molecule has 0 spiro atoms. The summed E-state index contributed by atoms with van der Waals surface area (Å²) in [6.07, 6.45) is 2.45. The first-order valence-electron chi connectivity index (χ1n) is 10.2. The van der Waals surface area contributed by atoms with Gasteiger partial charge in [-0.25, -0.2) is 4.79 Å². The van der Waals surface area contributed by atoms with Crippen LogP contribution in [0.25, 0.3) is 0 Å². The van der Waals surface area contributed by atoms with Crippen molar-refractivity contribution in [1.29, 1.82) is 0 Å². The Morgan fingerprint density at radius 3 is 2.71 bits per heavy atom. The Kier molecular flexibility index (Phi) is 7.37. The van der Waals surface area contributed by atoms with Gasteiger partial charge in [0.25, 0.3) is 5.91 Å². The lowest BCUT2D eigenvalue weighted by molar-refractivity contribution is -0.426. The molecule has 1 atom stereocenters. The standard InChI is InChI=1S/C22H27N3O5S/c1-14(2)8-10-24-21(27)20-16(9-11-31-20)25(22(24)28)13-18(26)23-12-15-6-5-7-17(29-3)19(15)30-4/h5-7,9,11,14,20H,8,10,12-13H2,1-4H3/p+1. The number of benzene rings is 1. The van der Waals surface area contributed by atoms with Crippen LogP contribution in [0, 0.1) is 5.92 Å². The van der Waals surface area contributed by atoms with Crippen LogP contribution in [0.3, 0.4) is 0 Å². The maximum absolute atomic E-state index is 13.0. The Balaban J connectivity index is 1.74. The van der Waals surface area contributed by atoms with Gasteiger partial charge in [0.05, 0.1) is 20.8 Å². The number of thioether (sulfide) groups is 1. The predicted octanol–water partition coefficient (Wildman–Crippen LogP) is 2.41. The van der Waals surface area contributed by atoms with Crippen molar-refractivity contribution < 1.29 is 28.4 Å². The summed E-state index contributed by atoms with van der Waals surface area (Å²) in [6, 6.07) is 4.98. The van der Waals surface area contributed by atoms with Crippen LogP contribution in [-0.2, 0) is 16.1 Å². The van der Waals surface area contributed by atoms with Gasteiger partial charge >= 0.3 is 11.9 Å². The monoisotopic (exact) mass is 446 g/mol. The normalized spacial score (nSPS) is 18.0. The van der Waals surface area contributed by atoms with E-state index in [-0.39, 0.29) is 24.9 Å². The minimum Gasteiger partial charge on any atom is -0.493 e. The van der Waals surface area contributed by atoms with Gasteiger partial charge in [0.2, 0.25) is 0 Å². The van der Waals surface area contributed by atoms with Gasteiger partial charge in [-0.05, 0) is 29.9 Å². The topological polar surface area (TPSA) is 88.0 Å². The first kappa shape index (κ1) is 22.9. The van der Waals surface area contributed by atoms with Crippen molar-refractivity contribution in [3.05, 3.63) is 35.2 Å². The Labute approximate surface area is 186 Å². The lowest BCUT2D eigenvalue weighted by Crippen LogP contribution is -2.56. The maximum Gasteiger partial charge on any atom is 0.501 e. The third-order valence-corrected chi connectivity index (χ3v) is 6.19. The quantitative estimate of drug-likeness (QED) is 0.586. The molecule has 8 nitrogen and oxygen atoms in total. The summed E-state index contributed by atoms with van der Waals surface area (Å²) in [6.45, 7) is 4.49. The van der Waals surface area contributed by atoms with Crippen molar-refractivity contribution in [2.45, 2.75) is 32.1 Å². The molecule has 166 valence electrons. The smallest absolute Gasteiger partial charge is 0.493 e. The maximum atomic E-state index is 13.0. The van der Waals surface area contributed by atoms with E-state index in [2.05, 4.69) is 5.32 Å². The van der Waals surface area contributed by atoms with E-state index >= 15 is 0 Å². The molecule has 2 aliphatic rings. The molecular weight excluding hydrogens is 418 g/mol. The Bertz CT molecular complexity index is 941. The Morgan fingerprint density at radius 2 is 2.03 bits per heavy atom. The largest absolute Gasteiger partial charge is 0.501 e. The summed E-state index contributed by atoms with van der Waals surface area (Å²) in [5, 5.41) is 4.15. The fourth-order valence-corrected chi connectivity index (χ4v) is 4.46. The van der Waals surface area contributed by atoms with Crippen molar-refractivity contribution in [1.82, 2.24) is 10.2 Å². The van der Waals surface area contributed by atoms with Crippen molar-refractivity contribution >= 4 is 35.3 Å². The molecule has 9 heteroatoms. The van der Waals surface area contributed by atoms with Gasteiger partial charge in [0, 0.05) is 12.1 Å². The molecule has 3 rings (SSSR count). The molecule has 1 N–H and O–H groups in total. The van der Waals surface area contributed by atoms with Crippen LogP contribution in [0.2, 0.25) is 0 Å². The van der Waals surface area contributed by atoms with Gasteiger partial charge in [-0.3, -0.25) is 4.79 Å². The Morgan fingerprint density at radius 1 is 1.26 bits per heavy atom. The Hall–Kier alpha value is -2.81. The molecule has 0 saturated heterocycles. The molecule has 0 aromatic heterocycles. The van der Waals surface area contributed by atoms with E-state index in [4.69, 9.17) is 9.47 Å². The van der Waals surface area contributed by atoms with Gasteiger partial charge in [0.1, 0.15) is 5.71 Å². The van der Waals surface area contributed by atoms with E-state index in [1.165, 1.54) is 21.2 Å². The number of urea groups is 1. The summed E-state index contributed by atoms with van der Waals surface area (Å²) in [5.74, 6) is 0.942. The number of hydrogen-bond donors (Lipinski definition) is 1. The number of fused-ring (bicyclic) bond motifs is 1. The summed E-state index contributed by atoms with van der Waals surface area (Å²) < 4.78 is 12.1. The van der Waals surface area contributed by atoms with Crippen LogP contribution >= 0.6 is 11.8 Å². The molecule has 4 amide bonds. The van der Waals surface area contributed by atoms with Crippen molar-refractivity contribution in [2.75, 3.05) is 27.3 Å². The zero-order valence-electron chi connectivity index (χ0n) is 18.2. The third-order valence-electron chi connectivity index (χ3n) is 5.18. The fraction of sp³-hybridized carbons (Fsp3) is 0.455. The summed E-state index contributed by atoms with van der Waals surface area (Å²) >= 11 is 1.36. The second kappa shape index (κ2) is 10.00. The molecule has 31 heavy (non-hydrogen) atoms. The highest BCUT2D eigenvalue weighted by Crippen LogP contribution is 2.31. The summed E-state index contributed by atoms with van der Waals surface area (Å²) in [4.78, 5) is 39.8. The van der Waals surface area contributed by atoms with E-state index in [9.17, 15) is 14.4 Å². The number of amides is 4. The number of ether oxygens (including phenoxy) is 2. The second-order valence-electron chi connectivity index (χ2n) is 7.71. The lowest BCUT2D eigenvalue weighted by Gasteiger charge is -2.24. The lowest BCUT2D eigenvalue weighted by atomic mass is 10.1. The van der Waals surface area contributed by atoms with E-state index in [1.54, 1.807) is 31.8 Å². The minimum atomic E-state index is -0.476. The van der Waals surface area contributed by atoms with E-state index < -0.39 is 11.3 Å². The van der Waals surface area contributed by atoms with Crippen molar-refractivity contribution in [3.63, 3.8) is 0 Å². The van der Waals surface area contributed by atoms with Gasteiger partial charge < -0.3 is 14.8 Å². The van der Waals surface area contributed by atoms with Crippen molar-refractivity contribution in [2.24, 2.45) is 5.92 Å². The number of hydrogen-bond acceptors (Lipinski definition) is 6. The molecule has 2 aliphatic heterocycles. The number of carbonyl (C=O) groups excluding carboxylic acids is 3. The first-order chi connectivity index (χ1) is 14.9. The van der Waals surface area contributed by atoms with Gasteiger partial charge in [-0.15, -0.1) is 11.8 Å². The van der Waals surface area contributed by atoms with Crippen LogP contribution in [0.4, 0.5) is 4.79 Å². The average Bonchev–Trinajstić information content (AvgIpc) is 3.24. The van der Waals surface area contributed by atoms with E-state index in [1.807, 2.05) is 26.0 Å². The second-order valence-corrected chi connectivity index (χ2v) is 8.73. The summed E-state index contributed by atoms with van der Waals surface area (Å²) in [5.41, 5.74) is 1.32. The molecule has 1 unspecified atom stereocenters. The highest BCUT2D eigenvalue weighted by atomic mass is 32.2. The zero-order valence-corrected chi connectivity index (χ0v) is 19.0. The number of para-hydroxylation sites is 1. The van der Waals surface area contributed by atoms with E-state index in [0.29, 0.717) is 36.1 Å². The molecule has 0 aliphatic carbocycles. The predicted molar refractivity (Wildman–Crippen MR) is 119 cm³/mol. The molecule has 0 radical (unpaired) electrons. The average molecular weight is 447 g/mol. The highest BCUT2D eigenvalue weighted by Gasteiger charge is 2.49. The van der Waals surface area contributed by atoms with Crippen LogP contribution in [0.5, 0.6) is 11.5 Å². The van der Waals surface area contributed by atoms with Gasteiger partial charge in [-0.2, -0.15) is 14.3 Å². The number of allylic oxidation sites excluding steroid dienone is 1. The number of imide groups is 1. The number of nitrogens with zero attached hydrogens (tertiary/aromatic N) is 2. The zero-order chi connectivity index (χ0) is 22.5.